The summed E-state index contributed by atoms with van der Waals surface area (Å²) < 4.78 is 5.24. The molecular weight excluding hydrogens is 238 g/mol. The van der Waals surface area contributed by atoms with Gasteiger partial charge in [0.25, 0.3) is 0 Å². The van der Waals surface area contributed by atoms with Crippen molar-refractivity contribution in [3.63, 3.8) is 0 Å². The number of ketones is 1. The number of carbonyl (C=O) groups excluding carboxylic acids is 1. The van der Waals surface area contributed by atoms with Crippen molar-refractivity contribution < 1.29 is 9.53 Å². The summed E-state index contributed by atoms with van der Waals surface area (Å²) in [4.78, 5) is 12.6. The topological polar surface area (TPSA) is 52.3 Å². The van der Waals surface area contributed by atoms with E-state index in [9.17, 15) is 4.79 Å². The van der Waals surface area contributed by atoms with E-state index in [0.717, 1.165) is 11.1 Å². The number of carbonyl (C=O) groups is 1. The van der Waals surface area contributed by atoms with E-state index in [0.29, 0.717) is 22.6 Å². The van der Waals surface area contributed by atoms with Crippen LogP contribution in [-0.4, -0.2) is 12.9 Å². The van der Waals surface area contributed by atoms with Crippen LogP contribution >= 0.6 is 0 Å². The van der Waals surface area contributed by atoms with E-state index in [2.05, 4.69) is 0 Å². The van der Waals surface area contributed by atoms with Crippen LogP contribution in [0.1, 0.15) is 27.0 Å². The van der Waals surface area contributed by atoms with Gasteiger partial charge in [0, 0.05) is 5.56 Å². The SMILES string of the molecule is COc1c(N)cccc1C(=O)c1ccc(C)cc1C. The van der Waals surface area contributed by atoms with Crippen LogP contribution in [0.3, 0.4) is 0 Å². The molecule has 2 aromatic carbocycles. The Morgan fingerprint density at radius 3 is 2.47 bits per heavy atom. The second-order valence-corrected chi connectivity index (χ2v) is 4.58. The van der Waals surface area contributed by atoms with Crippen LogP contribution in [0, 0.1) is 13.8 Å². The second-order valence-electron chi connectivity index (χ2n) is 4.58. The maximum atomic E-state index is 12.6. The summed E-state index contributed by atoms with van der Waals surface area (Å²) >= 11 is 0. The standard InChI is InChI=1S/C16H17NO2/c1-10-7-8-12(11(2)9-10)15(18)13-5-4-6-14(17)16(13)19-3/h4-9H,17H2,1-3H3. The lowest BCUT2D eigenvalue weighted by Crippen LogP contribution is -2.07. The number of nitrogens with two attached hydrogens (primary N) is 1. The minimum Gasteiger partial charge on any atom is -0.494 e. The molecule has 0 radical (unpaired) electrons. The average Bonchev–Trinajstić information content (AvgIpc) is 2.37. The Morgan fingerprint density at radius 2 is 1.84 bits per heavy atom. The van der Waals surface area contributed by atoms with Gasteiger partial charge in [0.2, 0.25) is 0 Å². The first-order valence-electron chi connectivity index (χ1n) is 6.09. The van der Waals surface area contributed by atoms with Gasteiger partial charge in [-0.2, -0.15) is 0 Å². The molecule has 0 heterocycles. The Labute approximate surface area is 113 Å². The van der Waals surface area contributed by atoms with Crippen molar-refractivity contribution in [3.05, 3.63) is 58.7 Å². The molecule has 19 heavy (non-hydrogen) atoms. The van der Waals surface area contributed by atoms with Gasteiger partial charge in [0.15, 0.2) is 11.5 Å². The summed E-state index contributed by atoms with van der Waals surface area (Å²) in [7, 11) is 1.52. The monoisotopic (exact) mass is 255 g/mol. The molecule has 0 aliphatic rings. The molecule has 0 aliphatic heterocycles. The lowest BCUT2D eigenvalue weighted by atomic mass is 9.96. The highest BCUT2D eigenvalue weighted by Crippen LogP contribution is 2.28. The van der Waals surface area contributed by atoms with Gasteiger partial charge >= 0.3 is 0 Å². The van der Waals surface area contributed by atoms with Crippen LogP contribution in [0.2, 0.25) is 0 Å². The fraction of sp³-hybridized carbons (Fsp3) is 0.188. The molecule has 3 nitrogen and oxygen atoms in total. The van der Waals surface area contributed by atoms with E-state index >= 15 is 0 Å². The highest BCUT2D eigenvalue weighted by Gasteiger charge is 2.17. The molecule has 98 valence electrons. The maximum absolute atomic E-state index is 12.6. The fourth-order valence-corrected chi connectivity index (χ4v) is 2.17. The molecule has 3 heteroatoms. The molecular formula is C16H17NO2. The largest absolute Gasteiger partial charge is 0.494 e. The van der Waals surface area contributed by atoms with Gasteiger partial charge in [-0.05, 0) is 31.5 Å². The minimum atomic E-state index is -0.0679. The molecule has 0 unspecified atom stereocenters. The van der Waals surface area contributed by atoms with Gasteiger partial charge in [0.05, 0.1) is 18.4 Å². The van der Waals surface area contributed by atoms with Crippen LogP contribution in [0.5, 0.6) is 5.75 Å². The zero-order valence-corrected chi connectivity index (χ0v) is 11.4. The quantitative estimate of drug-likeness (QED) is 0.677. The molecule has 0 aromatic heterocycles. The molecule has 0 saturated carbocycles. The highest BCUT2D eigenvalue weighted by molar-refractivity contribution is 6.12. The molecule has 2 aromatic rings. The van der Waals surface area contributed by atoms with Gasteiger partial charge in [-0.25, -0.2) is 0 Å². The number of rotatable bonds is 3. The van der Waals surface area contributed by atoms with E-state index < -0.39 is 0 Å². The number of aryl methyl sites for hydroxylation is 2. The molecule has 2 rings (SSSR count). The van der Waals surface area contributed by atoms with Crippen molar-refractivity contribution in [2.45, 2.75) is 13.8 Å². The molecule has 0 aliphatic carbocycles. The number of methoxy groups -OCH3 is 1. The molecule has 0 saturated heterocycles. The van der Waals surface area contributed by atoms with Crippen LogP contribution < -0.4 is 10.5 Å². The number of hydrogen-bond donors (Lipinski definition) is 1. The molecule has 2 N–H and O–H groups in total. The first-order valence-corrected chi connectivity index (χ1v) is 6.09. The third-order valence-electron chi connectivity index (χ3n) is 3.12. The third kappa shape index (κ3) is 2.45. The number of para-hydroxylation sites is 1. The van der Waals surface area contributed by atoms with Crippen molar-refractivity contribution in [3.8, 4) is 5.75 Å². The van der Waals surface area contributed by atoms with Crippen LogP contribution in [-0.2, 0) is 0 Å². The number of benzene rings is 2. The van der Waals surface area contributed by atoms with Gasteiger partial charge in [-0.3, -0.25) is 4.79 Å². The van der Waals surface area contributed by atoms with E-state index in [1.165, 1.54) is 7.11 Å². The number of ether oxygens (including phenoxy) is 1. The van der Waals surface area contributed by atoms with Crippen molar-refractivity contribution in [1.82, 2.24) is 0 Å². The Kier molecular flexibility index (Phi) is 3.56. The summed E-state index contributed by atoms with van der Waals surface area (Å²) in [5.41, 5.74) is 9.56. The van der Waals surface area contributed by atoms with Gasteiger partial charge in [0.1, 0.15) is 0 Å². The zero-order chi connectivity index (χ0) is 14.0. The second kappa shape index (κ2) is 5.14. The summed E-state index contributed by atoms with van der Waals surface area (Å²) in [6.45, 7) is 3.93. The predicted octanol–water partition coefficient (Wildman–Crippen LogP) is 3.13. The summed E-state index contributed by atoms with van der Waals surface area (Å²) in [5.74, 6) is 0.370. The lowest BCUT2D eigenvalue weighted by Gasteiger charge is -2.11. The Bertz CT molecular complexity index is 633. The Hall–Kier alpha value is -2.29. The summed E-state index contributed by atoms with van der Waals surface area (Å²) in [6.07, 6.45) is 0. The maximum Gasteiger partial charge on any atom is 0.197 e. The molecule has 0 bridgehead atoms. The lowest BCUT2D eigenvalue weighted by molar-refractivity contribution is 0.103. The summed E-state index contributed by atoms with van der Waals surface area (Å²) in [6, 6.07) is 11.0. The first kappa shape index (κ1) is 13.1. The smallest absolute Gasteiger partial charge is 0.197 e. The van der Waals surface area contributed by atoms with E-state index in [-0.39, 0.29) is 5.78 Å². The van der Waals surface area contributed by atoms with Crippen molar-refractivity contribution in [2.75, 3.05) is 12.8 Å². The van der Waals surface area contributed by atoms with E-state index in [1.54, 1.807) is 18.2 Å². The van der Waals surface area contributed by atoms with Crippen molar-refractivity contribution in [2.24, 2.45) is 0 Å². The Balaban J connectivity index is 2.53. The first-order chi connectivity index (χ1) is 9.04. The normalized spacial score (nSPS) is 10.3. The van der Waals surface area contributed by atoms with Gasteiger partial charge < -0.3 is 10.5 Å². The molecule has 0 fully saturated rings. The predicted molar refractivity (Wildman–Crippen MR) is 76.8 cm³/mol. The van der Waals surface area contributed by atoms with Crippen LogP contribution in [0.25, 0.3) is 0 Å². The van der Waals surface area contributed by atoms with Crippen LogP contribution in [0.4, 0.5) is 5.69 Å². The molecule has 0 amide bonds. The fourth-order valence-electron chi connectivity index (χ4n) is 2.17. The number of nitrogen functional groups attached to an aromatic ring is 1. The number of hydrogen-bond acceptors (Lipinski definition) is 3. The third-order valence-corrected chi connectivity index (χ3v) is 3.12. The minimum absolute atomic E-state index is 0.0679. The molecule has 0 atom stereocenters. The number of anilines is 1. The average molecular weight is 255 g/mol. The van der Waals surface area contributed by atoms with Crippen molar-refractivity contribution >= 4 is 11.5 Å². The van der Waals surface area contributed by atoms with E-state index in [4.69, 9.17) is 10.5 Å². The van der Waals surface area contributed by atoms with E-state index in [1.807, 2.05) is 32.0 Å². The zero-order valence-electron chi connectivity index (χ0n) is 11.4. The Morgan fingerprint density at radius 1 is 1.11 bits per heavy atom. The summed E-state index contributed by atoms with van der Waals surface area (Å²) in [5, 5.41) is 0. The van der Waals surface area contributed by atoms with Gasteiger partial charge in [-0.15, -0.1) is 0 Å². The highest BCUT2D eigenvalue weighted by atomic mass is 16.5. The van der Waals surface area contributed by atoms with Crippen LogP contribution in [0.15, 0.2) is 36.4 Å². The van der Waals surface area contributed by atoms with Gasteiger partial charge in [-0.1, -0.05) is 29.8 Å². The van der Waals surface area contributed by atoms with Crippen molar-refractivity contribution in [1.29, 1.82) is 0 Å². The molecule has 0 spiro atoms.